The molecule has 122 valence electrons. The van der Waals surface area contributed by atoms with Crippen LogP contribution >= 0.6 is 11.3 Å². The van der Waals surface area contributed by atoms with Crippen molar-refractivity contribution in [3.8, 4) is 0 Å². The Kier molecular flexibility index (Phi) is 4.47. The van der Waals surface area contributed by atoms with Gasteiger partial charge in [-0.3, -0.25) is 10.1 Å². The maximum atomic E-state index is 12.7. The van der Waals surface area contributed by atoms with E-state index >= 15 is 0 Å². The van der Waals surface area contributed by atoms with Gasteiger partial charge in [0.25, 0.3) is 5.69 Å². The van der Waals surface area contributed by atoms with Crippen LogP contribution in [0.25, 0.3) is 0 Å². The van der Waals surface area contributed by atoms with E-state index in [2.05, 4.69) is 6.07 Å². The normalized spacial score (nSPS) is 17.2. The predicted octanol–water partition coefficient (Wildman–Crippen LogP) is 3.22. The van der Waals surface area contributed by atoms with E-state index in [1.807, 2.05) is 11.4 Å². The van der Waals surface area contributed by atoms with Gasteiger partial charge in [0.1, 0.15) is 0 Å². The highest BCUT2D eigenvalue weighted by Crippen LogP contribution is 2.34. The van der Waals surface area contributed by atoms with Crippen molar-refractivity contribution in [3.63, 3.8) is 0 Å². The summed E-state index contributed by atoms with van der Waals surface area (Å²) in [6.07, 6.45) is 1.47. The van der Waals surface area contributed by atoms with Gasteiger partial charge in [-0.15, -0.1) is 11.3 Å². The molecule has 0 N–H and O–H groups in total. The van der Waals surface area contributed by atoms with Gasteiger partial charge in [-0.05, 0) is 36.3 Å². The Hall–Kier alpha value is -1.77. The van der Waals surface area contributed by atoms with Gasteiger partial charge in [0.2, 0.25) is 10.0 Å². The van der Waals surface area contributed by atoms with Crippen molar-refractivity contribution >= 4 is 27.0 Å². The minimum atomic E-state index is -3.83. The van der Waals surface area contributed by atoms with Crippen LogP contribution in [-0.2, 0) is 10.0 Å². The van der Waals surface area contributed by atoms with Crippen molar-refractivity contribution in [1.29, 1.82) is 0 Å². The first-order valence-corrected chi connectivity index (χ1v) is 9.59. The maximum Gasteiger partial charge on any atom is 0.289 e. The third-order valence-corrected chi connectivity index (χ3v) is 7.06. The van der Waals surface area contributed by atoms with Gasteiger partial charge in [-0.1, -0.05) is 18.2 Å². The van der Waals surface area contributed by atoms with Crippen LogP contribution in [0.2, 0.25) is 0 Å². The molecule has 23 heavy (non-hydrogen) atoms. The second kappa shape index (κ2) is 6.38. The molecule has 1 fully saturated rings. The van der Waals surface area contributed by atoms with Gasteiger partial charge in [0.15, 0.2) is 4.90 Å². The van der Waals surface area contributed by atoms with Crippen LogP contribution in [-0.4, -0.2) is 30.7 Å². The molecule has 0 unspecified atom stereocenters. The predicted molar refractivity (Wildman–Crippen MR) is 88.1 cm³/mol. The molecule has 3 rings (SSSR count). The number of sulfonamides is 1. The molecule has 1 aromatic heterocycles. The van der Waals surface area contributed by atoms with Crippen LogP contribution in [0.1, 0.15) is 23.6 Å². The van der Waals surface area contributed by atoms with Crippen LogP contribution in [0.4, 0.5) is 5.69 Å². The molecule has 2 heterocycles. The Morgan fingerprint density at radius 3 is 2.43 bits per heavy atom. The van der Waals surface area contributed by atoms with Gasteiger partial charge in [0, 0.05) is 24.0 Å². The van der Waals surface area contributed by atoms with Crippen LogP contribution in [0.15, 0.2) is 46.7 Å². The van der Waals surface area contributed by atoms with E-state index in [-0.39, 0.29) is 10.6 Å². The number of nitro groups is 1. The monoisotopic (exact) mass is 352 g/mol. The Morgan fingerprint density at radius 1 is 1.13 bits per heavy atom. The lowest BCUT2D eigenvalue weighted by atomic mass is 9.97. The summed E-state index contributed by atoms with van der Waals surface area (Å²) in [5, 5.41) is 13.1. The lowest BCUT2D eigenvalue weighted by molar-refractivity contribution is -0.387. The fourth-order valence-corrected chi connectivity index (χ4v) is 5.40. The molecule has 2 aromatic rings. The number of nitrogens with zero attached hydrogens (tertiary/aromatic N) is 2. The van der Waals surface area contributed by atoms with Crippen molar-refractivity contribution in [2.45, 2.75) is 23.7 Å². The molecule has 6 nitrogen and oxygen atoms in total. The largest absolute Gasteiger partial charge is 0.289 e. The number of thiophene rings is 1. The van der Waals surface area contributed by atoms with E-state index in [1.54, 1.807) is 11.3 Å². The molecule has 0 bridgehead atoms. The van der Waals surface area contributed by atoms with Gasteiger partial charge < -0.3 is 0 Å². The lowest BCUT2D eigenvalue weighted by Gasteiger charge is -2.30. The van der Waals surface area contributed by atoms with E-state index < -0.39 is 14.9 Å². The van der Waals surface area contributed by atoms with E-state index in [4.69, 9.17) is 0 Å². The van der Waals surface area contributed by atoms with Crippen molar-refractivity contribution < 1.29 is 13.3 Å². The number of para-hydroxylation sites is 1. The zero-order chi connectivity index (χ0) is 16.4. The SMILES string of the molecule is O=[N+]([O-])c1ccccc1S(=O)(=O)N1CCC(c2cccs2)CC1. The zero-order valence-electron chi connectivity index (χ0n) is 12.3. The molecule has 1 aliphatic heterocycles. The first kappa shape index (κ1) is 16.1. The van der Waals surface area contributed by atoms with E-state index in [0.717, 1.165) is 12.8 Å². The summed E-state index contributed by atoms with van der Waals surface area (Å²) in [6.45, 7) is 0.772. The average molecular weight is 352 g/mol. The summed E-state index contributed by atoms with van der Waals surface area (Å²) in [4.78, 5) is 11.5. The number of hydrogen-bond donors (Lipinski definition) is 0. The lowest BCUT2D eigenvalue weighted by Crippen LogP contribution is -2.38. The molecule has 0 radical (unpaired) electrons. The highest BCUT2D eigenvalue weighted by atomic mass is 32.2. The molecule has 0 spiro atoms. The molecule has 1 aliphatic rings. The molecule has 8 heteroatoms. The van der Waals surface area contributed by atoms with Crippen LogP contribution in [0.5, 0.6) is 0 Å². The number of nitro benzene ring substituents is 1. The molecular formula is C15H16N2O4S2. The summed E-state index contributed by atoms with van der Waals surface area (Å²) in [5.74, 6) is 0.368. The van der Waals surface area contributed by atoms with E-state index in [1.165, 1.54) is 33.4 Å². The first-order chi connectivity index (χ1) is 11.0. The van der Waals surface area contributed by atoms with E-state index in [0.29, 0.717) is 19.0 Å². The molecule has 1 aromatic carbocycles. The Morgan fingerprint density at radius 2 is 1.83 bits per heavy atom. The minimum Gasteiger partial charge on any atom is -0.258 e. The summed E-state index contributed by atoms with van der Waals surface area (Å²) in [7, 11) is -3.83. The topological polar surface area (TPSA) is 80.5 Å². The quantitative estimate of drug-likeness (QED) is 0.625. The summed E-state index contributed by atoms with van der Waals surface area (Å²) in [6, 6.07) is 9.58. The fourth-order valence-electron chi connectivity index (χ4n) is 2.87. The summed E-state index contributed by atoms with van der Waals surface area (Å²) in [5.41, 5.74) is -0.368. The number of rotatable bonds is 4. The number of hydrogen-bond acceptors (Lipinski definition) is 5. The highest BCUT2D eigenvalue weighted by molar-refractivity contribution is 7.89. The Balaban J connectivity index is 1.81. The van der Waals surface area contributed by atoms with Crippen LogP contribution in [0, 0.1) is 10.1 Å². The molecular weight excluding hydrogens is 336 g/mol. The molecule has 0 saturated carbocycles. The third-order valence-electron chi connectivity index (χ3n) is 4.08. The standard InChI is InChI=1S/C15H16N2O4S2/c18-17(19)13-4-1-2-6-15(13)23(20,21)16-9-7-12(8-10-16)14-5-3-11-22-14/h1-6,11-12H,7-10H2. The number of benzene rings is 1. The zero-order valence-corrected chi connectivity index (χ0v) is 13.9. The molecule has 0 atom stereocenters. The molecule has 0 amide bonds. The second-order valence-corrected chi connectivity index (χ2v) is 8.30. The number of piperidine rings is 1. The summed E-state index contributed by atoms with van der Waals surface area (Å²) >= 11 is 1.68. The molecule has 0 aliphatic carbocycles. The van der Waals surface area contributed by atoms with Gasteiger partial charge in [0.05, 0.1) is 4.92 Å². The van der Waals surface area contributed by atoms with Crippen molar-refractivity contribution in [2.75, 3.05) is 13.1 Å². The van der Waals surface area contributed by atoms with Gasteiger partial charge in [-0.25, -0.2) is 8.42 Å². The highest BCUT2D eigenvalue weighted by Gasteiger charge is 2.34. The van der Waals surface area contributed by atoms with Crippen LogP contribution < -0.4 is 0 Å². The van der Waals surface area contributed by atoms with Crippen molar-refractivity contribution in [1.82, 2.24) is 4.31 Å². The van der Waals surface area contributed by atoms with Crippen molar-refractivity contribution in [2.24, 2.45) is 0 Å². The van der Waals surface area contributed by atoms with Gasteiger partial charge in [-0.2, -0.15) is 4.31 Å². The smallest absolute Gasteiger partial charge is 0.258 e. The van der Waals surface area contributed by atoms with E-state index in [9.17, 15) is 18.5 Å². The molecule has 1 saturated heterocycles. The Bertz CT molecular complexity index is 795. The average Bonchev–Trinajstić information content (AvgIpc) is 3.09. The third kappa shape index (κ3) is 3.15. The Labute approximate surface area is 138 Å². The maximum absolute atomic E-state index is 12.7. The van der Waals surface area contributed by atoms with Crippen LogP contribution in [0.3, 0.4) is 0 Å². The first-order valence-electron chi connectivity index (χ1n) is 7.27. The minimum absolute atomic E-state index is 0.223. The summed E-state index contributed by atoms with van der Waals surface area (Å²) < 4.78 is 26.8. The van der Waals surface area contributed by atoms with Gasteiger partial charge >= 0.3 is 0 Å². The second-order valence-electron chi connectivity index (χ2n) is 5.42. The van der Waals surface area contributed by atoms with Crippen molar-refractivity contribution in [3.05, 3.63) is 56.8 Å². The fraction of sp³-hybridized carbons (Fsp3) is 0.333.